The Hall–Kier alpha value is -2.55. The van der Waals surface area contributed by atoms with Crippen molar-refractivity contribution >= 4 is 17.0 Å². The third kappa shape index (κ3) is 5.89. The van der Waals surface area contributed by atoms with Crippen LogP contribution in [0.1, 0.15) is 0 Å². The molecule has 0 fully saturated rings. The smallest absolute Gasteiger partial charge is 0.384 e. The molecule has 0 aromatic carbocycles. The molecule has 0 aromatic rings. The molecule has 0 saturated heterocycles. The van der Waals surface area contributed by atoms with Gasteiger partial charge in [-0.3, -0.25) is 0 Å². The molecule has 0 aliphatic carbocycles. The zero-order chi connectivity index (χ0) is 44.3. The molecule has 0 bridgehead atoms. The Labute approximate surface area is 268 Å². The van der Waals surface area contributed by atoms with Crippen LogP contribution >= 0.6 is 11.6 Å². The summed E-state index contributed by atoms with van der Waals surface area (Å²) in [7, 11) is 0. The SMILES string of the molecule is O=C(Cl)OC(F)(F)C(F)(F)C(F)(F)C(F)(F)C(F)(F)C(F)(F)C(F)(F)C(F)(F)C(F)(F)C(F)(F)C(F)(F)C(F)(F)C(F)(F)C(F)(F)C(F)(F)C(F)(F)F. The fraction of sp³-hybridized carbons (Fsp3) is 0.941. The minimum absolute atomic E-state index is 1.74. The number of halogens is 34. The Morgan fingerprint density at radius 3 is 0.528 bits per heavy atom. The molecule has 36 heteroatoms. The number of carbonyl (C=O) groups excluding carboxylic acids is 1. The molecular formula is C17ClF33O2. The Morgan fingerprint density at radius 1 is 0.264 bits per heavy atom. The van der Waals surface area contributed by atoms with Gasteiger partial charge in [-0.25, -0.2) is 4.79 Å². The zero-order valence-electron chi connectivity index (χ0n) is 22.2. The summed E-state index contributed by atoms with van der Waals surface area (Å²) in [6.45, 7) is 0. The van der Waals surface area contributed by atoms with E-state index in [1.807, 2.05) is 0 Å². The summed E-state index contributed by atoms with van der Waals surface area (Å²) in [4.78, 5) is 10.0. The second-order valence-electron chi connectivity index (χ2n) is 9.40. The lowest BCUT2D eigenvalue weighted by molar-refractivity contribution is -0.493. The minimum atomic E-state index is -10.3. The van der Waals surface area contributed by atoms with Crippen LogP contribution in [0.15, 0.2) is 0 Å². The van der Waals surface area contributed by atoms with Crippen LogP contribution in [0, 0.1) is 0 Å². The predicted octanol–water partition coefficient (Wildman–Crippen LogP) is 11.4. The van der Waals surface area contributed by atoms with Gasteiger partial charge in [0.2, 0.25) is 0 Å². The largest absolute Gasteiger partial charge is 0.474 e. The summed E-state index contributed by atoms with van der Waals surface area (Å²) >= 11 is 3.78. The molecule has 0 amide bonds. The fourth-order valence-corrected chi connectivity index (χ4v) is 2.99. The minimum Gasteiger partial charge on any atom is -0.384 e. The summed E-state index contributed by atoms with van der Waals surface area (Å²) in [5, 5.41) is 0. The standard InChI is InChI=1S/C17ClF33O2/c18-1(52)53-17(50,51)15(45,46)13(41,42)11(37,38)9(33,34)7(29,30)5(25,26)3(21,22)2(19,20)4(23,24)6(27,28)8(31,32)10(35,36)12(39,40)14(43,44)16(47,48)49. The van der Waals surface area contributed by atoms with E-state index in [-0.39, 0.29) is 0 Å². The molecule has 0 radical (unpaired) electrons. The molecule has 318 valence electrons. The van der Waals surface area contributed by atoms with E-state index in [1.165, 1.54) is 0 Å². The quantitative estimate of drug-likeness (QED) is 0.121. The highest BCUT2D eigenvalue weighted by atomic mass is 35.5. The maximum absolute atomic E-state index is 13.8. The summed E-state index contributed by atoms with van der Waals surface area (Å²) in [5.74, 6) is -137. The van der Waals surface area contributed by atoms with Gasteiger partial charge in [-0.15, -0.1) is 0 Å². The molecular weight excluding hydrogens is 899 g/mol. The van der Waals surface area contributed by atoms with Crippen molar-refractivity contribution in [3.8, 4) is 0 Å². The van der Waals surface area contributed by atoms with E-state index in [1.54, 1.807) is 4.74 Å². The predicted molar refractivity (Wildman–Crippen MR) is 92.6 cm³/mol. The Balaban J connectivity index is 7.73. The molecule has 0 heterocycles. The van der Waals surface area contributed by atoms with Gasteiger partial charge in [-0.2, -0.15) is 145 Å². The number of hydrogen-bond donors (Lipinski definition) is 0. The lowest BCUT2D eigenvalue weighted by atomic mass is 9.83. The van der Waals surface area contributed by atoms with Crippen molar-refractivity contribution in [1.82, 2.24) is 0 Å². The Bertz CT molecular complexity index is 1370. The highest BCUT2D eigenvalue weighted by molar-refractivity contribution is 6.61. The monoisotopic (exact) mass is 898 g/mol. The van der Waals surface area contributed by atoms with Crippen molar-refractivity contribution < 1.29 is 154 Å². The van der Waals surface area contributed by atoms with Gasteiger partial charge in [-0.1, -0.05) is 0 Å². The van der Waals surface area contributed by atoms with Gasteiger partial charge >= 0.3 is 101 Å². The summed E-state index contributed by atoms with van der Waals surface area (Å²) in [6.07, 6.45) is -16.3. The molecule has 0 aliphatic rings. The molecule has 0 aliphatic heterocycles. The lowest BCUT2D eigenvalue weighted by Crippen LogP contribution is -2.80. The highest BCUT2D eigenvalue weighted by Gasteiger charge is 3.02. The van der Waals surface area contributed by atoms with Crippen molar-refractivity contribution in [1.29, 1.82) is 0 Å². The lowest BCUT2D eigenvalue weighted by Gasteiger charge is -2.46. The topological polar surface area (TPSA) is 26.3 Å². The average Bonchev–Trinajstić information content (AvgIpc) is 2.89. The van der Waals surface area contributed by atoms with Crippen LogP contribution in [-0.4, -0.2) is 101 Å². The molecule has 0 spiro atoms. The van der Waals surface area contributed by atoms with E-state index in [4.69, 9.17) is 0 Å². The molecule has 0 aromatic heterocycles. The fourth-order valence-electron chi connectivity index (χ4n) is 2.89. The van der Waals surface area contributed by atoms with Gasteiger partial charge in [0.1, 0.15) is 0 Å². The normalized spacial score (nSPS) is 16.9. The number of ether oxygens (including phenoxy) is 1. The molecule has 0 saturated carbocycles. The maximum Gasteiger partial charge on any atom is 0.474 e. The summed E-state index contributed by atoms with van der Waals surface area (Å²) in [6, 6.07) is 0. The molecule has 0 atom stereocenters. The highest BCUT2D eigenvalue weighted by Crippen LogP contribution is 2.70. The molecule has 2 nitrogen and oxygen atoms in total. The zero-order valence-corrected chi connectivity index (χ0v) is 22.9. The van der Waals surface area contributed by atoms with Gasteiger partial charge in [0.05, 0.1) is 0 Å². The van der Waals surface area contributed by atoms with Crippen LogP contribution in [0.25, 0.3) is 0 Å². The molecule has 0 N–H and O–H groups in total. The maximum atomic E-state index is 13.8. The van der Waals surface area contributed by atoms with Crippen molar-refractivity contribution in [3.05, 3.63) is 0 Å². The van der Waals surface area contributed by atoms with E-state index in [0.29, 0.717) is 0 Å². The van der Waals surface area contributed by atoms with E-state index >= 15 is 0 Å². The first-order valence-corrected chi connectivity index (χ1v) is 11.2. The molecule has 53 heavy (non-hydrogen) atoms. The first kappa shape index (κ1) is 50.5. The van der Waals surface area contributed by atoms with Gasteiger partial charge in [0.15, 0.2) is 0 Å². The summed E-state index contributed by atoms with van der Waals surface area (Å²) < 4.78 is 443. The van der Waals surface area contributed by atoms with Crippen molar-refractivity contribution in [2.45, 2.75) is 95.2 Å². The van der Waals surface area contributed by atoms with Gasteiger partial charge in [-0.05, 0) is 0 Å². The molecule has 0 rings (SSSR count). The first-order chi connectivity index (χ1) is 22.2. The molecule has 0 unspecified atom stereocenters. The van der Waals surface area contributed by atoms with Crippen LogP contribution in [0.4, 0.5) is 150 Å². The van der Waals surface area contributed by atoms with Crippen molar-refractivity contribution in [2.75, 3.05) is 0 Å². The number of alkyl halides is 33. The van der Waals surface area contributed by atoms with E-state index in [2.05, 4.69) is 11.6 Å². The van der Waals surface area contributed by atoms with Crippen molar-refractivity contribution in [3.63, 3.8) is 0 Å². The number of carbonyl (C=O) groups is 1. The van der Waals surface area contributed by atoms with E-state index in [9.17, 15) is 150 Å². The average molecular weight is 899 g/mol. The van der Waals surface area contributed by atoms with Crippen LogP contribution in [0.5, 0.6) is 0 Å². The van der Waals surface area contributed by atoms with Gasteiger partial charge < -0.3 is 4.74 Å². The number of rotatable bonds is 15. The van der Waals surface area contributed by atoms with Crippen LogP contribution < -0.4 is 0 Å². The number of hydrogen-bond acceptors (Lipinski definition) is 2. The van der Waals surface area contributed by atoms with E-state index in [0.717, 1.165) is 0 Å². The van der Waals surface area contributed by atoms with Gasteiger partial charge in [0.25, 0.3) is 0 Å². The van der Waals surface area contributed by atoms with Gasteiger partial charge in [0, 0.05) is 11.6 Å². The first-order valence-electron chi connectivity index (χ1n) is 10.8. The second kappa shape index (κ2) is 12.2. The van der Waals surface area contributed by atoms with Crippen LogP contribution in [-0.2, 0) is 4.74 Å². The van der Waals surface area contributed by atoms with Crippen LogP contribution in [0.3, 0.4) is 0 Å². The third-order valence-corrected chi connectivity index (χ3v) is 6.13. The second-order valence-corrected chi connectivity index (χ2v) is 9.70. The van der Waals surface area contributed by atoms with Crippen molar-refractivity contribution in [2.24, 2.45) is 0 Å². The van der Waals surface area contributed by atoms with Crippen LogP contribution in [0.2, 0.25) is 0 Å². The Kier molecular flexibility index (Phi) is 11.6. The van der Waals surface area contributed by atoms with E-state index < -0.39 is 101 Å². The third-order valence-electron chi connectivity index (χ3n) is 6.06. The Morgan fingerprint density at radius 2 is 0.396 bits per heavy atom. The summed E-state index contributed by atoms with van der Waals surface area (Å²) in [5.41, 5.74) is -3.56.